The van der Waals surface area contributed by atoms with Crippen LogP contribution in [0.2, 0.25) is 0 Å². The number of nitrogens with two attached hydrogens (primary N) is 3. The molecule has 4 atom stereocenters. The van der Waals surface area contributed by atoms with E-state index in [1.165, 1.54) is 25.1 Å². The molecule has 11 heteroatoms. The van der Waals surface area contributed by atoms with E-state index < -0.39 is 62.7 Å². The van der Waals surface area contributed by atoms with Crippen molar-refractivity contribution in [3.05, 3.63) is 45.7 Å². The van der Waals surface area contributed by atoms with E-state index in [1.54, 1.807) is 12.1 Å². The Morgan fingerprint density at radius 3 is 2.33 bits per heavy atom. The van der Waals surface area contributed by atoms with Crippen molar-refractivity contribution in [3.63, 3.8) is 0 Å². The van der Waals surface area contributed by atoms with Crippen molar-refractivity contribution in [2.75, 3.05) is 14.1 Å². The molecule has 1 amide bonds. The van der Waals surface area contributed by atoms with E-state index in [0.717, 1.165) is 24.8 Å². The SMILES string of the molecule is CCC(CC)CCc1ccc(O)c2c1C[C@@]1(N)C[C@@]3(N)[C@H](N(C)C)C(=O)C(C(N)=O)=C(O)[C@@]3(C#N)C(=O)C1=C2O. The molecule has 0 heterocycles. The van der Waals surface area contributed by atoms with Crippen molar-refractivity contribution >= 4 is 23.2 Å². The number of carbonyl (C=O) groups is 3. The molecule has 9 N–H and O–H groups in total. The van der Waals surface area contributed by atoms with Gasteiger partial charge in [0.05, 0.1) is 34.3 Å². The lowest BCUT2D eigenvalue weighted by atomic mass is 9.47. The number of carbonyl (C=O) groups excluding carboxylic acids is 3. The maximum Gasteiger partial charge on any atom is 0.255 e. The summed E-state index contributed by atoms with van der Waals surface area (Å²) in [6.45, 7) is 4.23. The lowest BCUT2D eigenvalue weighted by Crippen LogP contribution is -2.80. The van der Waals surface area contributed by atoms with Crippen molar-refractivity contribution in [1.82, 2.24) is 4.90 Å². The van der Waals surface area contributed by atoms with Gasteiger partial charge in [-0.1, -0.05) is 32.8 Å². The van der Waals surface area contributed by atoms with Crippen LogP contribution in [0, 0.1) is 22.7 Å². The van der Waals surface area contributed by atoms with Gasteiger partial charge in [0.25, 0.3) is 5.91 Å². The number of hydrogen-bond donors (Lipinski definition) is 6. The number of aromatic hydroxyl groups is 1. The zero-order valence-electron chi connectivity index (χ0n) is 23.2. The summed E-state index contributed by atoms with van der Waals surface area (Å²) < 4.78 is 0. The van der Waals surface area contributed by atoms with Gasteiger partial charge in [-0.2, -0.15) is 5.26 Å². The largest absolute Gasteiger partial charge is 0.509 e. The first-order valence-corrected chi connectivity index (χ1v) is 13.4. The van der Waals surface area contributed by atoms with Gasteiger partial charge in [-0.3, -0.25) is 19.3 Å². The average Bonchev–Trinajstić information content (AvgIpc) is 2.84. The summed E-state index contributed by atoms with van der Waals surface area (Å²) in [5.74, 6) is -4.99. The van der Waals surface area contributed by atoms with E-state index in [9.17, 15) is 35.0 Å². The average molecular weight is 552 g/mol. The van der Waals surface area contributed by atoms with E-state index in [-0.39, 0.29) is 24.2 Å². The predicted octanol–water partition coefficient (Wildman–Crippen LogP) is 1.27. The lowest BCUT2D eigenvalue weighted by molar-refractivity contribution is -0.139. The van der Waals surface area contributed by atoms with Crippen LogP contribution < -0.4 is 17.2 Å². The second-order valence-corrected chi connectivity index (χ2v) is 11.6. The molecule has 11 nitrogen and oxygen atoms in total. The van der Waals surface area contributed by atoms with Gasteiger partial charge in [-0.05, 0) is 62.9 Å². The molecule has 40 heavy (non-hydrogen) atoms. The number of phenols is 1. The van der Waals surface area contributed by atoms with E-state index in [2.05, 4.69) is 13.8 Å². The number of hydrogen-bond acceptors (Lipinski definition) is 10. The number of nitriles is 1. The molecule has 214 valence electrons. The molecule has 0 unspecified atom stereocenters. The Hall–Kier alpha value is -3.72. The minimum atomic E-state index is -2.66. The zero-order valence-corrected chi connectivity index (χ0v) is 23.2. The fraction of sp³-hybridized carbons (Fsp3) is 0.517. The zero-order chi connectivity index (χ0) is 29.9. The first kappa shape index (κ1) is 29.3. The number of nitrogens with zero attached hydrogens (tertiary/aromatic N) is 2. The highest BCUT2D eigenvalue weighted by Gasteiger charge is 2.74. The molecule has 0 aromatic heterocycles. The van der Waals surface area contributed by atoms with Gasteiger partial charge in [0.15, 0.2) is 17.0 Å². The summed E-state index contributed by atoms with van der Waals surface area (Å²) in [5, 5.41) is 44.0. The Labute approximate surface area is 232 Å². The number of fused-ring (bicyclic) bond motifs is 3. The minimum Gasteiger partial charge on any atom is -0.509 e. The molecule has 0 bridgehead atoms. The van der Waals surface area contributed by atoms with Gasteiger partial charge >= 0.3 is 0 Å². The number of phenolic OH excluding ortho intramolecular Hbond substituents is 1. The van der Waals surface area contributed by atoms with Gasteiger partial charge in [-0.25, -0.2) is 0 Å². The number of aryl methyl sites for hydroxylation is 1. The number of likely N-dealkylation sites (N-methyl/N-ethyl adjacent to an activating group) is 1. The monoisotopic (exact) mass is 551 g/mol. The first-order valence-electron chi connectivity index (χ1n) is 13.4. The Morgan fingerprint density at radius 1 is 1.18 bits per heavy atom. The summed E-state index contributed by atoms with van der Waals surface area (Å²) in [5.41, 5.74) is 12.9. The second-order valence-electron chi connectivity index (χ2n) is 11.6. The normalized spacial score (nSPS) is 29.8. The van der Waals surface area contributed by atoms with Crippen LogP contribution in [-0.2, 0) is 27.2 Å². The summed E-state index contributed by atoms with van der Waals surface area (Å²) >= 11 is 0. The third kappa shape index (κ3) is 3.70. The summed E-state index contributed by atoms with van der Waals surface area (Å²) in [6, 6.07) is 3.55. The van der Waals surface area contributed by atoms with Crippen LogP contribution in [0.15, 0.2) is 29.0 Å². The highest BCUT2D eigenvalue weighted by atomic mass is 16.3. The second kappa shape index (κ2) is 9.73. The molecule has 0 radical (unpaired) electrons. The third-order valence-electron chi connectivity index (χ3n) is 9.21. The van der Waals surface area contributed by atoms with Crippen molar-refractivity contribution in [3.8, 4) is 11.8 Å². The number of aliphatic hydroxyl groups is 2. The van der Waals surface area contributed by atoms with Crippen molar-refractivity contribution in [1.29, 1.82) is 5.26 Å². The van der Waals surface area contributed by atoms with E-state index in [1.807, 2.05) is 0 Å². The van der Waals surface area contributed by atoms with Crippen LogP contribution in [0.3, 0.4) is 0 Å². The summed E-state index contributed by atoms with van der Waals surface area (Å²) in [4.78, 5) is 41.5. The number of amides is 1. The topological polar surface area (TPSA) is 217 Å². The fourth-order valence-electron chi connectivity index (χ4n) is 7.18. The van der Waals surface area contributed by atoms with E-state index in [0.29, 0.717) is 17.9 Å². The molecule has 0 saturated heterocycles. The lowest BCUT2D eigenvalue weighted by Gasteiger charge is -2.58. The molecular weight excluding hydrogens is 514 g/mol. The molecule has 4 rings (SSSR count). The maximum absolute atomic E-state index is 14.4. The number of ketones is 2. The van der Waals surface area contributed by atoms with Gasteiger partial charge in [0.2, 0.25) is 0 Å². The van der Waals surface area contributed by atoms with Gasteiger partial charge in [0, 0.05) is 0 Å². The summed E-state index contributed by atoms with van der Waals surface area (Å²) in [6.07, 6.45) is 3.09. The van der Waals surface area contributed by atoms with Gasteiger partial charge in [-0.15, -0.1) is 0 Å². The third-order valence-corrected chi connectivity index (χ3v) is 9.21. The predicted molar refractivity (Wildman–Crippen MR) is 147 cm³/mol. The number of primary amides is 1. The maximum atomic E-state index is 14.4. The number of Topliss-reactive ketones (excluding diaryl/α,β-unsaturated/α-hetero) is 2. The van der Waals surface area contributed by atoms with Crippen LogP contribution in [0.5, 0.6) is 5.75 Å². The molecule has 3 aliphatic rings. The molecule has 3 aliphatic carbocycles. The van der Waals surface area contributed by atoms with Crippen molar-refractivity contribution in [2.45, 2.75) is 69.5 Å². The highest BCUT2D eigenvalue weighted by molar-refractivity contribution is 6.25. The molecular formula is C29H37N5O6. The Bertz CT molecular complexity index is 1420. The van der Waals surface area contributed by atoms with Crippen LogP contribution >= 0.6 is 0 Å². The number of benzene rings is 1. The van der Waals surface area contributed by atoms with Crippen molar-refractivity contribution < 1.29 is 29.7 Å². The summed E-state index contributed by atoms with van der Waals surface area (Å²) in [7, 11) is 2.97. The fourth-order valence-corrected chi connectivity index (χ4v) is 7.18. The van der Waals surface area contributed by atoms with Crippen LogP contribution in [0.1, 0.15) is 56.2 Å². The minimum absolute atomic E-state index is 0.0257. The Morgan fingerprint density at radius 2 is 1.80 bits per heavy atom. The number of rotatable bonds is 7. The van der Waals surface area contributed by atoms with Gasteiger partial charge in [0.1, 0.15) is 22.8 Å². The van der Waals surface area contributed by atoms with E-state index >= 15 is 0 Å². The van der Waals surface area contributed by atoms with Crippen molar-refractivity contribution in [2.24, 2.45) is 28.5 Å². The Balaban J connectivity index is 2.02. The van der Waals surface area contributed by atoms with Crippen LogP contribution in [0.25, 0.3) is 5.76 Å². The quantitative estimate of drug-likeness (QED) is 0.267. The Kier molecular flexibility index (Phi) is 7.12. The molecule has 0 aliphatic heterocycles. The molecule has 0 spiro atoms. The van der Waals surface area contributed by atoms with E-state index in [4.69, 9.17) is 17.2 Å². The van der Waals surface area contributed by atoms with Gasteiger partial charge < -0.3 is 32.5 Å². The molecule has 1 aromatic rings. The number of aliphatic hydroxyl groups excluding tert-OH is 2. The van der Waals surface area contributed by atoms with Crippen LogP contribution in [-0.4, -0.2) is 68.9 Å². The highest BCUT2D eigenvalue weighted by Crippen LogP contribution is 2.58. The molecule has 1 aromatic carbocycles. The van der Waals surface area contributed by atoms with Crippen LogP contribution in [0.4, 0.5) is 0 Å². The molecule has 1 fully saturated rings. The molecule has 1 saturated carbocycles. The smallest absolute Gasteiger partial charge is 0.255 e. The standard InChI is InChI=1S/C29H37N5O6/c1-5-14(6-2)7-8-15-9-10-17(35)18-16(15)11-27(32)12-29(33)23(34(3)4)22(37)19(26(31)40)24(38)28(29,13-30)25(39)20(27)21(18)36/h9-10,14,23,35-36,38H,5-8,11-12,32-33H2,1-4H3,(H2,31,40)/t23-,27-,28+,29-/m1/s1. The first-order chi connectivity index (χ1) is 18.7.